The fourth-order valence-corrected chi connectivity index (χ4v) is 2.28. The molecule has 8 heteroatoms. The predicted molar refractivity (Wildman–Crippen MR) is 75.3 cm³/mol. The fraction of sp³-hybridized carbons (Fsp3) is 0. The van der Waals surface area contributed by atoms with Gasteiger partial charge < -0.3 is 10.7 Å². The third-order valence-corrected chi connectivity index (χ3v) is 3.42. The average Bonchev–Trinajstić information content (AvgIpc) is 3.06. The van der Waals surface area contributed by atoms with Crippen molar-refractivity contribution in [3.05, 3.63) is 35.9 Å². The first kappa shape index (κ1) is 11.2. The summed E-state index contributed by atoms with van der Waals surface area (Å²) in [7, 11) is 0. The number of nitrogens with two attached hydrogens (primary N) is 1. The number of hydrogen-bond donors (Lipinski definition) is 2. The van der Waals surface area contributed by atoms with Crippen molar-refractivity contribution < 1.29 is 0 Å². The highest BCUT2D eigenvalue weighted by Gasteiger charge is 2.13. The van der Waals surface area contributed by atoms with Crippen LogP contribution in [-0.2, 0) is 0 Å². The molecule has 3 heterocycles. The summed E-state index contributed by atoms with van der Waals surface area (Å²) in [6.07, 6.45) is 3.21. The largest absolute Gasteiger partial charge is 0.398 e. The number of rotatable bonds is 1. The first-order valence-corrected chi connectivity index (χ1v) is 6.20. The molecule has 0 aliphatic carbocycles. The summed E-state index contributed by atoms with van der Waals surface area (Å²) >= 11 is 6.05. The van der Waals surface area contributed by atoms with Crippen molar-refractivity contribution >= 4 is 34.1 Å². The van der Waals surface area contributed by atoms with E-state index in [0.29, 0.717) is 27.8 Å². The van der Waals surface area contributed by atoms with Crippen molar-refractivity contribution in [3.63, 3.8) is 0 Å². The number of aromatic amines is 1. The number of anilines is 1. The molecule has 1 aromatic carbocycles. The molecule has 0 aliphatic rings. The van der Waals surface area contributed by atoms with Gasteiger partial charge in [-0.2, -0.15) is 0 Å². The van der Waals surface area contributed by atoms with Gasteiger partial charge in [-0.25, -0.2) is 9.97 Å². The van der Waals surface area contributed by atoms with Crippen molar-refractivity contribution in [2.75, 3.05) is 5.73 Å². The average molecular weight is 286 g/mol. The number of fused-ring (bicyclic) bond motifs is 3. The lowest BCUT2D eigenvalue weighted by atomic mass is 10.2. The van der Waals surface area contributed by atoms with Crippen LogP contribution in [0.4, 0.5) is 5.69 Å². The van der Waals surface area contributed by atoms with Gasteiger partial charge in [-0.3, -0.25) is 4.40 Å². The van der Waals surface area contributed by atoms with Crippen LogP contribution in [0, 0.1) is 0 Å². The van der Waals surface area contributed by atoms with Crippen LogP contribution in [0.25, 0.3) is 28.2 Å². The molecular weight excluding hydrogens is 278 g/mol. The van der Waals surface area contributed by atoms with Crippen LogP contribution in [0.1, 0.15) is 0 Å². The number of nitrogens with zero attached hydrogens (tertiary/aromatic N) is 5. The van der Waals surface area contributed by atoms with Crippen molar-refractivity contribution in [2.45, 2.75) is 0 Å². The fourth-order valence-electron chi connectivity index (χ4n) is 2.10. The van der Waals surface area contributed by atoms with Gasteiger partial charge in [0.15, 0.2) is 17.1 Å². The van der Waals surface area contributed by atoms with E-state index in [1.165, 1.54) is 0 Å². The zero-order valence-corrected chi connectivity index (χ0v) is 10.8. The summed E-state index contributed by atoms with van der Waals surface area (Å²) < 4.78 is 1.78. The Labute approximate surface area is 117 Å². The number of aromatic nitrogens is 6. The number of imidazole rings is 1. The Morgan fingerprint density at radius 1 is 1.20 bits per heavy atom. The Hall–Kier alpha value is -2.67. The van der Waals surface area contributed by atoms with Crippen molar-refractivity contribution in [2.24, 2.45) is 0 Å². The molecule has 0 atom stereocenters. The summed E-state index contributed by atoms with van der Waals surface area (Å²) in [6.45, 7) is 0. The van der Waals surface area contributed by atoms with Crippen molar-refractivity contribution in [1.29, 1.82) is 0 Å². The smallest absolute Gasteiger partial charge is 0.190 e. The second-order valence-electron chi connectivity index (χ2n) is 4.30. The van der Waals surface area contributed by atoms with Crippen LogP contribution < -0.4 is 5.73 Å². The van der Waals surface area contributed by atoms with Gasteiger partial charge in [-0.05, 0) is 18.2 Å². The number of halogens is 1. The van der Waals surface area contributed by atoms with Crippen LogP contribution in [0.5, 0.6) is 0 Å². The molecule has 7 nitrogen and oxygen atoms in total. The van der Waals surface area contributed by atoms with Gasteiger partial charge in [0.25, 0.3) is 0 Å². The lowest BCUT2D eigenvalue weighted by Crippen LogP contribution is -1.93. The maximum Gasteiger partial charge on any atom is 0.190 e. The van der Waals surface area contributed by atoms with Gasteiger partial charge in [0, 0.05) is 5.56 Å². The molecule has 0 unspecified atom stereocenters. The summed E-state index contributed by atoms with van der Waals surface area (Å²) in [5.41, 5.74) is 9.07. The van der Waals surface area contributed by atoms with Crippen molar-refractivity contribution in [1.82, 2.24) is 29.5 Å². The van der Waals surface area contributed by atoms with Crippen LogP contribution >= 0.6 is 11.6 Å². The summed E-state index contributed by atoms with van der Waals surface area (Å²) in [6, 6.07) is 5.33. The molecule has 0 aliphatic heterocycles. The van der Waals surface area contributed by atoms with Crippen LogP contribution in [0.3, 0.4) is 0 Å². The van der Waals surface area contributed by atoms with E-state index in [-0.39, 0.29) is 0 Å². The van der Waals surface area contributed by atoms with E-state index in [9.17, 15) is 0 Å². The normalized spacial score (nSPS) is 11.4. The second kappa shape index (κ2) is 3.91. The SMILES string of the molecule is Nc1ccc(-c2nnc3c4[nH]cnc4ncn23)cc1Cl. The molecule has 0 fully saturated rings. The van der Waals surface area contributed by atoms with Crippen LogP contribution in [0.2, 0.25) is 5.02 Å². The molecule has 3 N–H and O–H groups in total. The first-order chi connectivity index (χ1) is 9.74. The van der Waals surface area contributed by atoms with Crippen LogP contribution in [0.15, 0.2) is 30.9 Å². The molecule has 0 bridgehead atoms. The molecule has 0 saturated carbocycles. The molecular formula is C12H8ClN7. The third kappa shape index (κ3) is 1.47. The lowest BCUT2D eigenvalue weighted by molar-refractivity contribution is 1.09. The molecule has 4 aromatic rings. The molecule has 3 aromatic heterocycles. The zero-order valence-electron chi connectivity index (χ0n) is 10.1. The van der Waals surface area contributed by atoms with E-state index in [1.54, 1.807) is 29.2 Å². The maximum absolute atomic E-state index is 6.05. The summed E-state index contributed by atoms with van der Waals surface area (Å²) in [4.78, 5) is 11.3. The van der Waals surface area contributed by atoms with Gasteiger partial charge >= 0.3 is 0 Å². The number of hydrogen-bond acceptors (Lipinski definition) is 5. The van der Waals surface area contributed by atoms with Crippen molar-refractivity contribution in [3.8, 4) is 11.4 Å². The molecule has 0 amide bonds. The standard InChI is InChI=1S/C12H8ClN7/c13-7-3-6(1-2-8(7)14)11-18-19-12-9-10(16-4-15-9)17-5-20(11)12/h1-5H,14H2,(H,15,16). The van der Waals surface area contributed by atoms with Crippen LogP contribution in [-0.4, -0.2) is 29.5 Å². The minimum absolute atomic E-state index is 0.481. The Kier molecular flexibility index (Phi) is 2.19. The van der Waals surface area contributed by atoms with Gasteiger partial charge in [-0.15, -0.1) is 10.2 Å². The highest BCUT2D eigenvalue weighted by molar-refractivity contribution is 6.33. The quantitative estimate of drug-likeness (QED) is 0.521. The van der Waals surface area contributed by atoms with E-state index in [0.717, 1.165) is 11.1 Å². The van der Waals surface area contributed by atoms with Gasteiger partial charge in [0.1, 0.15) is 11.8 Å². The molecule has 0 spiro atoms. The Morgan fingerprint density at radius 3 is 2.95 bits per heavy atom. The van der Waals surface area contributed by atoms with E-state index >= 15 is 0 Å². The van der Waals surface area contributed by atoms with Gasteiger partial charge in [-0.1, -0.05) is 11.6 Å². The van der Waals surface area contributed by atoms with Gasteiger partial charge in [0.2, 0.25) is 0 Å². The van der Waals surface area contributed by atoms with E-state index in [2.05, 4.69) is 25.1 Å². The summed E-state index contributed by atoms with van der Waals surface area (Å²) in [5.74, 6) is 0.644. The maximum atomic E-state index is 6.05. The third-order valence-electron chi connectivity index (χ3n) is 3.09. The molecule has 98 valence electrons. The van der Waals surface area contributed by atoms with E-state index in [4.69, 9.17) is 17.3 Å². The predicted octanol–water partition coefficient (Wildman–Crippen LogP) is 1.90. The lowest BCUT2D eigenvalue weighted by Gasteiger charge is -2.02. The highest BCUT2D eigenvalue weighted by atomic mass is 35.5. The number of nitrogen functional groups attached to an aromatic ring is 1. The molecule has 20 heavy (non-hydrogen) atoms. The Balaban J connectivity index is 2.02. The molecule has 0 saturated heterocycles. The Morgan fingerprint density at radius 2 is 2.10 bits per heavy atom. The van der Waals surface area contributed by atoms with Gasteiger partial charge in [0.05, 0.1) is 17.0 Å². The van der Waals surface area contributed by atoms with E-state index < -0.39 is 0 Å². The number of nitrogens with one attached hydrogen (secondary N) is 1. The monoisotopic (exact) mass is 285 g/mol. The van der Waals surface area contributed by atoms with E-state index in [1.807, 2.05) is 6.07 Å². The number of H-pyrrole nitrogens is 1. The molecule has 0 radical (unpaired) electrons. The minimum Gasteiger partial charge on any atom is -0.398 e. The zero-order chi connectivity index (χ0) is 13.7. The number of benzene rings is 1. The second-order valence-corrected chi connectivity index (χ2v) is 4.71. The summed E-state index contributed by atoms with van der Waals surface area (Å²) in [5, 5.41) is 8.85. The first-order valence-electron chi connectivity index (χ1n) is 5.82. The molecule has 4 rings (SSSR count). The topological polar surface area (TPSA) is 97.8 Å². The Bertz CT molecular complexity index is 939. The minimum atomic E-state index is 0.481. The highest BCUT2D eigenvalue weighted by Crippen LogP contribution is 2.26.